The number of H-pyrrole nitrogens is 1. The van der Waals surface area contributed by atoms with Gasteiger partial charge in [0, 0.05) is 48.6 Å². The van der Waals surface area contributed by atoms with Gasteiger partial charge < -0.3 is 21.8 Å². The Balaban J connectivity index is 1.46. The smallest absolute Gasteiger partial charge is 0.281 e. The lowest BCUT2D eigenvalue weighted by Crippen LogP contribution is -2.49. The number of carbonyl (C=O) groups excluding carboxylic acids is 2. The first-order valence-corrected chi connectivity index (χ1v) is 15.8. The van der Waals surface area contributed by atoms with Crippen LogP contribution >= 0.6 is 0 Å². The summed E-state index contributed by atoms with van der Waals surface area (Å²) in [6.07, 6.45) is 3.82. The molecule has 2 amide bonds. The molecule has 6 N–H and O–H groups in total. The van der Waals surface area contributed by atoms with Crippen molar-refractivity contribution < 1.29 is 26.8 Å². The lowest BCUT2D eigenvalue weighted by Gasteiger charge is -2.39. The number of anilines is 1. The zero-order chi connectivity index (χ0) is 32.5. The molecule has 1 aromatic heterocycles. The molecule has 0 spiro atoms. The summed E-state index contributed by atoms with van der Waals surface area (Å²) in [5, 5.41) is 2.78. The van der Waals surface area contributed by atoms with E-state index < -0.39 is 43.8 Å². The van der Waals surface area contributed by atoms with Gasteiger partial charge in [-0.2, -0.15) is 9.30 Å². The zero-order valence-corrected chi connectivity index (χ0v) is 25.8. The number of nitrogens with zero attached hydrogens (tertiary/aromatic N) is 3. The van der Waals surface area contributed by atoms with Crippen molar-refractivity contribution in [2.24, 2.45) is 21.9 Å². The quantitative estimate of drug-likeness (QED) is 0.216. The molecule has 1 saturated heterocycles. The van der Waals surface area contributed by atoms with E-state index in [1.807, 2.05) is 0 Å². The van der Waals surface area contributed by atoms with E-state index in [2.05, 4.69) is 20.2 Å². The molecule has 2 aliphatic rings. The highest BCUT2D eigenvalue weighted by molar-refractivity contribution is 7.89. The number of nitrogens with one attached hydrogen (secondary N) is 2. The summed E-state index contributed by atoms with van der Waals surface area (Å²) in [5.74, 6) is -3.65. The largest absolute Gasteiger partial charge is 0.401 e. The van der Waals surface area contributed by atoms with Gasteiger partial charge in [-0.25, -0.2) is 17.2 Å². The average Bonchev–Trinajstić information content (AvgIpc) is 3.69. The molecular formula is C31H35F2N7O4S. The summed E-state index contributed by atoms with van der Waals surface area (Å²) in [4.78, 5) is 35.1. The summed E-state index contributed by atoms with van der Waals surface area (Å²) in [6.45, 7) is 5.42. The SMILES string of the molecule is CC1(C)CN(S(=O)(=O)c2cc(F)cc(F)c2)CC(C(N)=NC(=O)c2ccc(CN3CCCC3)cc2NC(=O)c2ccc[nH]2)=C1N. The highest BCUT2D eigenvalue weighted by Crippen LogP contribution is 2.34. The Morgan fingerprint density at radius 2 is 1.76 bits per heavy atom. The van der Waals surface area contributed by atoms with Crippen molar-refractivity contribution in [3.63, 3.8) is 0 Å². The van der Waals surface area contributed by atoms with Crippen LogP contribution in [-0.4, -0.2) is 66.4 Å². The first-order valence-electron chi connectivity index (χ1n) is 14.4. The van der Waals surface area contributed by atoms with Gasteiger partial charge in [0.2, 0.25) is 10.0 Å². The standard InChI is InChI=1S/C31H35F2N7O4S/c1-31(2)18-40(45(43,44)22-14-20(32)13-21(33)15-22)17-24(27(31)34)28(35)38-29(41)23-8-7-19(16-39-10-3-4-11-39)12-26(23)37-30(42)25-6-5-9-36-25/h5-9,12-15,36H,3-4,10-11,16-18,34H2,1-2H3,(H,37,42)(H2,35,38,41). The van der Waals surface area contributed by atoms with Crippen LogP contribution in [0.3, 0.4) is 0 Å². The minimum Gasteiger partial charge on any atom is -0.401 e. The van der Waals surface area contributed by atoms with Crippen molar-refractivity contribution in [1.82, 2.24) is 14.2 Å². The Hall–Kier alpha value is -4.40. The maximum absolute atomic E-state index is 13.9. The van der Waals surface area contributed by atoms with Crippen molar-refractivity contribution in [2.75, 3.05) is 31.5 Å². The lowest BCUT2D eigenvalue weighted by molar-refractivity contribution is 0.100. The van der Waals surface area contributed by atoms with Crippen LogP contribution in [-0.2, 0) is 16.6 Å². The molecule has 0 aliphatic carbocycles. The van der Waals surface area contributed by atoms with Gasteiger partial charge in [0.05, 0.1) is 16.1 Å². The number of aromatic amines is 1. The lowest BCUT2D eigenvalue weighted by atomic mass is 9.83. The average molecular weight is 640 g/mol. The number of amidine groups is 1. The summed E-state index contributed by atoms with van der Waals surface area (Å²) in [6, 6.07) is 10.4. The fourth-order valence-corrected chi connectivity index (χ4v) is 7.16. The topological polar surface area (TPSA) is 167 Å². The maximum atomic E-state index is 13.9. The summed E-state index contributed by atoms with van der Waals surface area (Å²) >= 11 is 0. The Morgan fingerprint density at radius 3 is 2.40 bits per heavy atom. The molecule has 238 valence electrons. The maximum Gasteiger partial charge on any atom is 0.281 e. The molecule has 5 rings (SSSR count). The van der Waals surface area contributed by atoms with Crippen LogP contribution in [0.1, 0.15) is 53.1 Å². The number of hydrogen-bond donors (Lipinski definition) is 4. The Bertz CT molecular complexity index is 1780. The number of rotatable bonds is 8. The minimum atomic E-state index is -4.39. The molecule has 14 heteroatoms. The van der Waals surface area contributed by atoms with E-state index in [0.717, 1.165) is 47.9 Å². The van der Waals surface area contributed by atoms with Crippen LogP contribution in [0.5, 0.6) is 0 Å². The third-order valence-corrected chi connectivity index (χ3v) is 9.74. The van der Waals surface area contributed by atoms with Gasteiger partial charge in [-0.1, -0.05) is 19.9 Å². The van der Waals surface area contributed by atoms with Crippen LogP contribution in [0.25, 0.3) is 0 Å². The van der Waals surface area contributed by atoms with E-state index in [1.165, 1.54) is 0 Å². The van der Waals surface area contributed by atoms with E-state index >= 15 is 0 Å². The van der Waals surface area contributed by atoms with Crippen molar-refractivity contribution >= 4 is 33.4 Å². The summed E-state index contributed by atoms with van der Waals surface area (Å²) in [7, 11) is -4.39. The van der Waals surface area contributed by atoms with E-state index in [-0.39, 0.29) is 41.4 Å². The van der Waals surface area contributed by atoms with Crippen LogP contribution in [0, 0.1) is 17.0 Å². The molecule has 1 fully saturated rings. The Kier molecular flexibility index (Phi) is 8.92. The molecule has 2 aromatic carbocycles. The van der Waals surface area contributed by atoms with E-state index in [4.69, 9.17) is 11.5 Å². The zero-order valence-electron chi connectivity index (χ0n) is 24.9. The fraction of sp³-hybridized carbons (Fsp3) is 0.323. The molecule has 2 aliphatic heterocycles. The highest BCUT2D eigenvalue weighted by Gasteiger charge is 2.40. The third-order valence-electron chi connectivity index (χ3n) is 7.98. The molecule has 3 aromatic rings. The molecule has 0 unspecified atom stereocenters. The number of likely N-dealkylation sites (tertiary alicyclic amines) is 1. The molecule has 0 bridgehead atoms. The molecule has 0 saturated carbocycles. The predicted octanol–water partition coefficient (Wildman–Crippen LogP) is 3.58. The van der Waals surface area contributed by atoms with Crippen molar-refractivity contribution in [3.8, 4) is 0 Å². The van der Waals surface area contributed by atoms with Crippen LogP contribution < -0.4 is 16.8 Å². The third kappa shape index (κ3) is 6.97. The van der Waals surface area contributed by atoms with Gasteiger partial charge in [0.1, 0.15) is 23.2 Å². The van der Waals surface area contributed by atoms with Crippen molar-refractivity contribution in [1.29, 1.82) is 0 Å². The molecule has 45 heavy (non-hydrogen) atoms. The first-order chi connectivity index (χ1) is 21.2. The number of sulfonamides is 1. The van der Waals surface area contributed by atoms with E-state index in [1.54, 1.807) is 50.4 Å². The number of carbonyl (C=O) groups is 2. The minimum absolute atomic E-state index is 0.0667. The second-order valence-corrected chi connectivity index (χ2v) is 13.8. The molecular weight excluding hydrogens is 604 g/mol. The number of aromatic nitrogens is 1. The normalized spacial score (nSPS) is 17.9. The first kappa shape index (κ1) is 32.0. The van der Waals surface area contributed by atoms with E-state index in [9.17, 15) is 26.8 Å². The van der Waals surface area contributed by atoms with Crippen LogP contribution in [0.15, 0.2) is 75.9 Å². The second kappa shape index (κ2) is 12.5. The van der Waals surface area contributed by atoms with Gasteiger partial charge in [-0.3, -0.25) is 14.5 Å². The predicted molar refractivity (Wildman–Crippen MR) is 166 cm³/mol. The van der Waals surface area contributed by atoms with Crippen molar-refractivity contribution in [3.05, 3.63) is 94.5 Å². The Morgan fingerprint density at radius 1 is 1.07 bits per heavy atom. The second-order valence-electron chi connectivity index (χ2n) is 11.9. The van der Waals surface area contributed by atoms with Gasteiger partial charge in [0.25, 0.3) is 11.8 Å². The van der Waals surface area contributed by atoms with Crippen molar-refractivity contribution in [2.45, 2.75) is 38.1 Å². The number of benzene rings is 2. The van der Waals surface area contributed by atoms with Gasteiger partial charge in [-0.05, 0) is 67.9 Å². The number of aliphatic imine (C=N–C) groups is 1. The Labute approximate surface area is 260 Å². The van der Waals surface area contributed by atoms with Gasteiger partial charge in [-0.15, -0.1) is 0 Å². The number of nitrogens with two attached hydrogens (primary N) is 2. The fourth-order valence-electron chi connectivity index (χ4n) is 5.54. The number of amides is 2. The monoisotopic (exact) mass is 639 g/mol. The summed E-state index contributed by atoms with van der Waals surface area (Å²) < 4.78 is 55.7. The number of hydrogen-bond acceptors (Lipinski definition) is 6. The molecule has 3 heterocycles. The molecule has 0 radical (unpaired) electrons. The van der Waals surface area contributed by atoms with E-state index in [0.29, 0.717) is 18.3 Å². The molecule has 11 nitrogen and oxygen atoms in total. The highest BCUT2D eigenvalue weighted by atomic mass is 32.2. The van der Waals surface area contributed by atoms with Crippen LogP contribution in [0.4, 0.5) is 14.5 Å². The van der Waals surface area contributed by atoms with Crippen LogP contribution in [0.2, 0.25) is 0 Å². The van der Waals surface area contributed by atoms with Gasteiger partial charge >= 0.3 is 0 Å². The molecule has 0 atom stereocenters. The number of halogens is 2. The summed E-state index contributed by atoms with van der Waals surface area (Å²) in [5.41, 5.74) is 13.5. The van der Waals surface area contributed by atoms with Gasteiger partial charge in [0.15, 0.2) is 0 Å².